The SMILES string of the molecule is CCCCCCn1c(CC)nc2c(c1=O)c1nc3ccccc3nc1n2-c1ccc(Br)cc1. The second-order valence-corrected chi connectivity index (χ2v) is 9.21. The zero-order valence-electron chi connectivity index (χ0n) is 18.9. The van der Waals surface area contributed by atoms with Crippen molar-refractivity contribution in [3.05, 3.63) is 69.2 Å². The Morgan fingerprint density at radius 2 is 1.58 bits per heavy atom. The average molecular weight is 504 g/mol. The van der Waals surface area contributed by atoms with Crippen LogP contribution >= 0.6 is 15.9 Å². The third kappa shape index (κ3) is 3.84. The first-order valence-electron chi connectivity index (χ1n) is 11.6. The summed E-state index contributed by atoms with van der Waals surface area (Å²) in [5.41, 5.74) is 4.32. The maximum absolute atomic E-state index is 13.9. The molecule has 7 heteroatoms. The van der Waals surface area contributed by atoms with Crippen molar-refractivity contribution in [1.82, 2.24) is 24.1 Å². The van der Waals surface area contributed by atoms with Crippen LogP contribution in [0.25, 0.3) is 38.9 Å². The van der Waals surface area contributed by atoms with Crippen molar-refractivity contribution >= 4 is 49.2 Å². The lowest BCUT2D eigenvalue weighted by Gasteiger charge is -2.12. The van der Waals surface area contributed by atoms with Gasteiger partial charge in [0.25, 0.3) is 5.56 Å². The van der Waals surface area contributed by atoms with E-state index >= 15 is 0 Å². The summed E-state index contributed by atoms with van der Waals surface area (Å²) in [5, 5.41) is 0.541. The summed E-state index contributed by atoms with van der Waals surface area (Å²) < 4.78 is 4.80. The zero-order valence-corrected chi connectivity index (χ0v) is 20.5. The molecule has 3 aromatic heterocycles. The van der Waals surface area contributed by atoms with Gasteiger partial charge in [0.1, 0.15) is 16.7 Å². The van der Waals surface area contributed by atoms with Crippen molar-refractivity contribution in [1.29, 1.82) is 0 Å². The molecule has 0 aliphatic carbocycles. The summed E-state index contributed by atoms with van der Waals surface area (Å²) in [7, 11) is 0. The van der Waals surface area contributed by atoms with Crippen LogP contribution in [0.2, 0.25) is 0 Å². The van der Waals surface area contributed by atoms with Crippen LogP contribution < -0.4 is 5.56 Å². The fourth-order valence-electron chi connectivity index (χ4n) is 4.40. The molecule has 0 saturated heterocycles. The van der Waals surface area contributed by atoms with Crippen LogP contribution in [0.3, 0.4) is 0 Å². The molecule has 0 radical (unpaired) electrons. The maximum Gasteiger partial charge on any atom is 0.265 e. The van der Waals surface area contributed by atoms with E-state index in [0.29, 0.717) is 35.2 Å². The van der Waals surface area contributed by atoms with Gasteiger partial charge >= 0.3 is 0 Å². The predicted molar refractivity (Wildman–Crippen MR) is 137 cm³/mol. The standard InChI is InChI=1S/C26H26BrN5O/c1-3-5-6-9-16-31-21(4-2)30-24-22(26(31)33)23-25(29-20-11-8-7-10-19(20)28-23)32(24)18-14-12-17(27)13-15-18/h7-8,10-15H,3-6,9,16H2,1-2H3. The van der Waals surface area contributed by atoms with Crippen molar-refractivity contribution in [2.75, 3.05) is 0 Å². The Kier molecular flexibility index (Phi) is 5.98. The van der Waals surface area contributed by atoms with Crippen LogP contribution in [-0.2, 0) is 13.0 Å². The molecule has 0 unspecified atom stereocenters. The van der Waals surface area contributed by atoms with Crippen molar-refractivity contribution in [2.24, 2.45) is 0 Å². The van der Waals surface area contributed by atoms with E-state index < -0.39 is 0 Å². The van der Waals surface area contributed by atoms with Gasteiger partial charge in [0.05, 0.1) is 11.0 Å². The molecule has 5 rings (SSSR count). The summed E-state index contributed by atoms with van der Waals surface area (Å²) in [4.78, 5) is 28.7. The number of benzene rings is 2. The Hall–Kier alpha value is -3.06. The molecule has 0 bridgehead atoms. The number of aryl methyl sites for hydroxylation is 1. The third-order valence-electron chi connectivity index (χ3n) is 6.08. The Morgan fingerprint density at radius 1 is 0.848 bits per heavy atom. The molecule has 33 heavy (non-hydrogen) atoms. The van der Waals surface area contributed by atoms with E-state index in [0.717, 1.165) is 46.3 Å². The Morgan fingerprint density at radius 3 is 2.27 bits per heavy atom. The van der Waals surface area contributed by atoms with Crippen LogP contribution in [0, 0.1) is 0 Å². The van der Waals surface area contributed by atoms with E-state index in [9.17, 15) is 4.79 Å². The summed E-state index contributed by atoms with van der Waals surface area (Å²) in [6, 6.07) is 15.7. The van der Waals surface area contributed by atoms with Gasteiger partial charge in [0.15, 0.2) is 11.3 Å². The van der Waals surface area contributed by atoms with E-state index in [1.165, 1.54) is 6.42 Å². The Labute approximate surface area is 200 Å². The summed E-state index contributed by atoms with van der Waals surface area (Å²) in [5.74, 6) is 0.801. The van der Waals surface area contributed by atoms with Gasteiger partial charge in [-0.3, -0.25) is 13.9 Å². The molecule has 0 N–H and O–H groups in total. The van der Waals surface area contributed by atoms with Gasteiger partial charge in [-0.1, -0.05) is 61.2 Å². The van der Waals surface area contributed by atoms with E-state index in [1.54, 1.807) is 0 Å². The van der Waals surface area contributed by atoms with Gasteiger partial charge in [-0.25, -0.2) is 15.0 Å². The number of aromatic nitrogens is 5. The lowest BCUT2D eigenvalue weighted by Crippen LogP contribution is -2.25. The van der Waals surface area contributed by atoms with E-state index in [4.69, 9.17) is 15.0 Å². The van der Waals surface area contributed by atoms with E-state index in [2.05, 4.69) is 22.9 Å². The summed E-state index contributed by atoms with van der Waals surface area (Å²) in [6.07, 6.45) is 5.09. The Balaban J connectivity index is 1.85. The number of rotatable bonds is 7. The summed E-state index contributed by atoms with van der Waals surface area (Å²) in [6.45, 7) is 4.92. The fraction of sp³-hybridized carbons (Fsp3) is 0.308. The first kappa shape index (κ1) is 21.8. The lowest BCUT2D eigenvalue weighted by molar-refractivity contribution is 0.548. The van der Waals surface area contributed by atoms with Crippen LogP contribution in [-0.4, -0.2) is 24.1 Å². The number of fused-ring (bicyclic) bond motifs is 4. The zero-order chi connectivity index (χ0) is 22.9. The van der Waals surface area contributed by atoms with E-state index in [1.807, 2.05) is 64.6 Å². The van der Waals surface area contributed by atoms with Gasteiger partial charge in [0.2, 0.25) is 0 Å². The molecule has 0 fully saturated rings. The number of para-hydroxylation sites is 2. The molecule has 0 atom stereocenters. The minimum atomic E-state index is -0.0289. The summed E-state index contributed by atoms with van der Waals surface area (Å²) >= 11 is 3.51. The van der Waals surface area contributed by atoms with Gasteiger partial charge in [-0.15, -0.1) is 0 Å². The normalized spacial score (nSPS) is 11.7. The first-order chi connectivity index (χ1) is 16.1. The van der Waals surface area contributed by atoms with Crippen LogP contribution in [0.15, 0.2) is 57.8 Å². The second kappa shape index (κ2) is 9.06. The second-order valence-electron chi connectivity index (χ2n) is 8.29. The molecule has 168 valence electrons. The van der Waals surface area contributed by atoms with E-state index in [-0.39, 0.29) is 5.56 Å². The fourth-order valence-corrected chi connectivity index (χ4v) is 4.67. The highest BCUT2D eigenvalue weighted by atomic mass is 79.9. The minimum absolute atomic E-state index is 0.0289. The smallest absolute Gasteiger partial charge is 0.265 e. The molecule has 6 nitrogen and oxygen atoms in total. The topological polar surface area (TPSA) is 65.6 Å². The van der Waals surface area contributed by atoms with Crippen molar-refractivity contribution < 1.29 is 0 Å². The number of hydrogen-bond acceptors (Lipinski definition) is 4. The molecule has 5 aromatic rings. The Bertz CT molecular complexity index is 1520. The molecule has 0 aliphatic heterocycles. The quantitative estimate of drug-likeness (QED) is 0.248. The predicted octanol–water partition coefficient (Wildman–Crippen LogP) is 6.19. The number of unbranched alkanes of at least 4 members (excludes halogenated alkanes) is 3. The molecule has 2 aromatic carbocycles. The highest BCUT2D eigenvalue weighted by Gasteiger charge is 2.22. The van der Waals surface area contributed by atoms with Crippen molar-refractivity contribution in [3.8, 4) is 5.69 Å². The van der Waals surface area contributed by atoms with Gasteiger partial charge in [-0.2, -0.15) is 0 Å². The molecule has 0 spiro atoms. The first-order valence-corrected chi connectivity index (χ1v) is 12.4. The molecular formula is C26H26BrN5O. The van der Waals surface area contributed by atoms with Crippen LogP contribution in [0.1, 0.15) is 45.4 Å². The highest BCUT2D eigenvalue weighted by Crippen LogP contribution is 2.29. The monoisotopic (exact) mass is 503 g/mol. The van der Waals surface area contributed by atoms with Crippen molar-refractivity contribution in [3.63, 3.8) is 0 Å². The van der Waals surface area contributed by atoms with Crippen LogP contribution in [0.4, 0.5) is 0 Å². The molecular weight excluding hydrogens is 478 g/mol. The number of nitrogens with zero attached hydrogens (tertiary/aromatic N) is 5. The van der Waals surface area contributed by atoms with Gasteiger partial charge < -0.3 is 0 Å². The van der Waals surface area contributed by atoms with Crippen molar-refractivity contribution in [2.45, 2.75) is 52.5 Å². The highest BCUT2D eigenvalue weighted by molar-refractivity contribution is 9.10. The van der Waals surface area contributed by atoms with Gasteiger partial charge in [0, 0.05) is 23.1 Å². The largest absolute Gasteiger partial charge is 0.296 e. The number of hydrogen-bond donors (Lipinski definition) is 0. The lowest BCUT2D eigenvalue weighted by atomic mass is 10.2. The third-order valence-corrected chi connectivity index (χ3v) is 6.61. The van der Waals surface area contributed by atoms with Crippen LogP contribution in [0.5, 0.6) is 0 Å². The average Bonchev–Trinajstić information content (AvgIpc) is 3.15. The maximum atomic E-state index is 13.9. The number of halogens is 1. The molecule has 0 aliphatic rings. The molecule has 0 amide bonds. The molecule has 0 saturated carbocycles. The molecule has 3 heterocycles. The van der Waals surface area contributed by atoms with Gasteiger partial charge in [-0.05, 0) is 42.8 Å². The minimum Gasteiger partial charge on any atom is -0.296 e.